The summed E-state index contributed by atoms with van der Waals surface area (Å²) in [6.45, 7) is 1.60. The number of rotatable bonds is 11. The molecular formula is C25H29N3O6. The zero-order valence-electron chi connectivity index (χ0n) is 19.0. The van der Waals surface area contributed by atoms with Gasteiger partial charge in [0.25, 0.3) is 0 Å². The third-order valence-electron chi connectivity index (χ3n) is 5.81. The maximum atomic E-state index is 12.1. The molecule has 0 aromatic heterocycles. The lowest BCUT2D eigenvalue weighted by Gasteiger charge is -2.15. The Morgan fingerprint density at radius 1 is 0.882 bits per heavy atom. The predicted octanol–water partition coefficient (Wildman–Crippen LogP) is 2.26. The van der Waals surface area contributed by atoms with Crippen molar-refractivity contribution in [3.8, 4) is 11.1 Å². The van der Waals surface area contributed by atoms with Gasteiger partial charge in [-0.05, 0) is 28.2 Å². The van der Waals surface area contributed by atoms with E-state index in [1.165, 1.54) is 0 Å². The van der Waals surface area contributed by atoms with Gasteiger partial charge in [-0.3, -0.25) is 14.4 Å². The van der Waals surface area contributed by atoms with E-state index in [1.807, 2.05) is 55.5 Å². The van der Waals surface area contributed by atoms with Gasteiger partial charge in [-0.25, -0.2) is 4.79 Å². The number of hydrogen-bond acceptors (Lipinski definition) is 5. The van der Waals surface area contributed by atoms with E-state index in [0.29, 0.717) is 6.42 Å². The molecule has 9 heteroatoms. The van der Waals surface area contributed by atoms with Crippen molar-refractivity contribution < 1.29 is 29.0 Å². The summed E-state index contributed by atoms with van der Waals surface area (Å²) in [5, 5.41) is 16.2. The minimum atomic E-state index is -0.922. The van der Waals surface area contributed by atoms with Crippen LogP contribution >= 0.6 is 0 Å². The topological polar surface area (TPSA) is 134 Å². The first-order valence-electron chi connectivity index (χ1n) is 11.2. The number of nitrogens with one attached hydrogen (secondary N) is 3. The van der Waals surface area contributed by atoms with Crippen LogP contribution < -0.4 is 16.0 Å². The largest absolute Gasteiger partial charge is 0.481 e. The zero-order valence-corrected chi connectivity index (χ0v) is 19.0. The molecule has 1 aliphatic carbocycles. The standard InChI is InChI=1S/C25H29N3O6/c1-2-16(11-24(31)32)12-26-22(29)13-27-23(30)14-28-25(33)34-15-21-19-9-5-3-7-17(19)18-8-4-6-10-20(18)21/h3-10,16,21H,2,11-15H2,1H3,(H,26,29)(H,27,30)(H,28,33)(H,31,32). The number of ether oxygens (including phenoxy) is 1. The van der Waals surface area contributed by atoms with Crippen LogP contribution in [0.25, 0.3) is 11.1 Å². The first-order valence-corrected chi connectivity index (χ1v) is 11.2. The maximum absolute atomic E-state index is 12.1. The van der Waals surface area contributed by atoms with Crippen molar-refractivity contribution in [3.05, 3.63) is 59.7 Å². The van der Waals surface area contributed by atoms with E-state index in [1.54, 1.807) is 0 Å². The van der Waals surface area contributed by atoms with Crippen molar-refractivity contribution in [2.45, 2.75) is 25.7 Å². The highest BCUT2D eigenvalue weighted by Crippen LogP contribution is 2.44. The van der Waals surface area contributed by atoms with E-state index >= 15 is 0 Å². The van der Waals surface area contributed by atoms with Gasteiger partial charge in [0.05, 0.1) is 6.54 Å². The molecule has 0 aliphatic heterocycles. The van der Waals surface area contributed by atoms with Crippen LogP contribution in [0.15, 0.2) is 48.5 Å². The predicted molar refractivity (Wildman–Crippen MR) is 125 cm³/mol. The highest BCUT2D eigenvalue weighted by molar-refractivity contribution is 5.87. The van der Waals surface area contributed by atoms with Crippen LogP contribution in [0.3, 0.4) is 0 Å². The van der Waals surface area contributed by atoms with Crippen LogP contribution in [0.5, 0.6) is 0 Å². The Bertz CT molecular complexity index is 1010. The summed E-state index contributed by atoms with van der Waals surface area (Å²) in [5.74, 6) is -2.15. The van der Waals surface area contributed by atoms with Crippen molar-refractivity contribution in [2.24, 2.45) is 5.92 Å². The maximum Gasteiger partial charge on any atom is 0.407 e. The highest BCUT2D eigenvalue weighted by Gasteiger charge is 2.29. The van der Waals surface area contributed by atoms with Gasteiger partial charge < -0.3 is 25.8 Å². The third kappa shape index (κ3) is 6.57. The molecular weight excluding hydrogens is 438 g/mol. The molecule has 9 nitrogen and oxygen atoms in total. The number of carboxylic acids is 1. The fraction of sp³-hybridized carbons (Fsp3) is 0.360. The van der Waals surface area contributed by atoms with Gasteiger partial charge in [0.15, 0.2) is 0 Å². The normalized spacial score (nSPS) is 12.7. The highest BCUT2D eigenvalue weighted by atomic mass is 16.5. The molecule has 0 spiro atoms. The second-order valence-corrected chi connectivity index (χ2v) is 8.13. The second kappa shape index (κ2) is 11.8. The van der Waals surface area contributed by atoms with Crippen LogP contribution in [0.2, 0.25) is 0 Å². The number of benzene rings is 2. The first kappa shape index (κ1) is 24.8. The number of carbonyl (C=O) groups excluding carboxylic acids is 3. The molecule has 0 saturated heterocycles. The van der Waals surface area contributed by atoms with E-state index in [2.05, 4.69) is 16.0 Å². The van der Waals surface area contributed by atoms with E-state index in [-0.39, 0.29) is 44.5 Å². The summed E-state index contributed by atoms with van der Waals surface area (Å²) in [7, 11) is 0. The van der Waals surface area contributed by atoms with Crippen LogP contribution in [-0.4, -0.2) is 55.2 Å². The fourth-order valence-electron chi connectivity index (χ4n) is 3.97. The van der Waals surface area contributed by atoms with Gasteiger partial charge in [0.1, 0.15) is 13.2 Å². The number of alkyl carbamates (subject to hydrolysis) is 1. The van der Waals surface area contributed by atoms with Crippen LogP contribution in [0, 0.1) is 5.92 Å². The third-order valence-corrected chi connectivity index (χ3v) is 5.81. The van der Waals surface area contributed by atoms with Gasteiger partial charge in [-0.15, -0.1) is 0 Å². The second-order valence-electron chi connectivity index (χ2n) is 8.13. The lowest BCUT2D eigenvalue weighted by Crippen LogP contribution is -2.43. The van der Waals surface area contributed by atoms with E-state index in [0.717, 1.165) is 22.3 Å². The number of aliphatic carboxylic acids is 1. The minimum Gasteiger partial charge on any atom is -0.481 e. The van der Waals surface area contributed by atoms with Crippen LogP contribution in [-0.2, 0) is 19.1 Å². The molecule has 2 aromatic carbocycles. The molecule has 0 bridgehead atoms. The Balaban J connectivity index is 1.38. The van der Waals surface area contributed by atoms with Crippen molar-refractivity contribution in [1.29, 1.82) is 0 Å². The van der Waals surface area contributed by atoms with Gasteiger partial charge in [-0.2, -0.15) is 0 Å². The lowest BCUT2D eigenvalue weighted by atomic mass is 9.98. The zero-order chi connectivity index (χ0) is 24.5. The van der Waals surface area contributed by atoms with Crippen molar-refractivity contribution in [3.63, 3.8) is 0 Å². The molecule has 0 saturated carbocycles. The average molecular weight is 468 g/mol. The van der Waals surface area contributed by atoms with Crippen molar-refractivity contribution in [1.82, 2.24) is 16.0 Å². The molecule has 1 atom stereocenters. The van der Waals surface area contributed by atoms with Crippen LogP contribution in [0.4, 0.5) is 4.79 Å². The lowest BCUT2D eigenvalue weighted by molar-refractivity contribution is -0.138. The first-order chi connectivity index (χ1) is 16.4. The molecule has 4 N–H and O–H groups in total. The average Bonchev–Trinajstić information content (AvgIpc) is 3.16. The summed E-state index contributed by atoms with van der Waals surface area (Å²) < 4.78 is 5.37. The van der Waals surface area contributed by atoms with E-state index in [4.69, 9.17) is 9.84 Å². The number of hydrogen-bond donors (Lipinski definition) is 4. The Kier molecular flexibility index (Phi) is 8.61. The Hall–Kier alpha value is -3.88. The van der Waals surface area contributed by atoms with E-state index in [9.17, 15) is 19.2 Å². The van der Waals surface area contributed by atoms with Gasteiger partial charge in [0.2, 0.25) is 11.8 Å². The van der Waals surface area contributed by atoms with Gasteiger partial charge >= 0.3 is 12.1 Å². The van der Waals surface area contributed by atoms with Crippen molar-refractivity contribution in [2.75, 3.05) is 26.2 Å². The molecule has 34 heavy (non-hydrogen) atoms. The molecule has 0 radical (unpaired) electrons. The fourth-order valence-corrected chi connectivity index (χ4v) is 3.97. The molecule has 0 fully saturated rings. The number of carboxylic acid groups (broad SMARTS) is 1. The SMILES string of the molecule is CCC(CNC(=O)CNC(=O)CNC(=O)OCC1c2ccccc2-c2ccccc21)CC(=O)O. The molecule has 180 valence electrons. The van der Waals surface area contributed by atoms with E-state index < -0.39 is 23.9 Å². The molecule has 0 heterocycles. The summed E-state index contributed by atoms with van der Waals surface area (Å²) in [6, 6.07) is 16.0. The molecule has 1 unspecified atom stereocenters. The quantitative estimate of drug-likeness (QED) is 0.401. The minimum absolute atomic E-state index is 0.0345. The number of carbonyl (C=O) groups is 4. The van der Waals surface area contributed by atoms with Gasteiger partial charge in [-0.1, -0.05) is 61.9 Å². The summed E-state index contributed by atoms with van der Waals surface area (Å²) in [5.41, 5.74) is 4.43. The molecule has 2 aromatic rings. The number of amides is 3. The monoisotopic (exact) mass is 467 g/mol. The molecule has 3 amide bonds. The van der Waals surface area contributed by atoms with Crippen molar-refractivity contribution >= 4 is 23.9 Å². The summed E-state index contributed by atoms with van der Waals surface area (Å²) in [4.78, 5) is 46.7. The smallest absolute Gasteiger partial charge is 0.407 e. The number of fused-ring (bicyclic) bond motifs is 3. The molecule has 1 aliphatic rings. The summed E-state index contributed by atoms with van der Waals surface area (Å²) >= 11 is 0. The molecule has 3 rings (SSSR count). The Labute approximate surface area is 197 Å². The summed E-state index contributed by atoms with van der Waals surface area (Å²) in [6.07, 6.45) is -0.142. The Morgan fingerprint density at radius 3 is 2.03 bits per heavy atom. The van der Waals surface area contributed by atoms with Crippen LogP contribution in [0.1, 0.15) is 36.8 Å². The van der Waals surface area contributed by atoms with Gasteiger partial charge in [0, 0.05) is 18.9 Å². The Morgan fingerprint density at radius 2 is 1.44 bits per heavy atom.